The van der Waals surface area contributed by atoms with Crippen LogP contribution < -0.4 is 5.32 Å². The summed E-state index contributed by atoms with van der Waals surface area (Å²) in [6.07, 6.45) is 0. The molecule has 1 aromatic carbocycles. The molecule has 0 aliphatic rings. The van der Waals surface area contributed by atoms with Crippen LogP contribution in [0.2, 0.25) is 0 Å². The van der Waals surface area contributed by atoms with E-state index in [1.807, 2.05) is 0 Å². The minimum absolute atomic E-state index is 0.865. The van der Waals surface area contributed by atoms with Crippen LogP contribution in [-0.4, -0.2) is 0 Å². The SMILES string of the molecule is Cc1cc(Br)c(NCc2sccc2C)c(Br)c1. The van der Waals surface area contributed by atoms with Crippen molar-refractivity contribution in [1.82, 2.24) is 0 Å². The molecule has 0 atom stereocenters. The normalized spacial score (nSPS) is 10.6. The van der Waals surface area contributed by atoms with Gasteiger partial charge in [0.15, 0.2) is 0 Å². The van der Waals surface area contributed by atoms with Crippen LogP contribution in [0.5, 0.6) is 0 Å². The first-order valence-electron chi connectivity index (χ1n) is 5.30. The maximum atomic E-state index is 3.59. The lowest BCUT2D eigenvalue weighted by molar-refractivity contribution is 1.16. The van der Waals surface area contributed by atoms with Gasteiger partial charge in [-0.25, -0.2) is 0 Å². The zero-order chi connectivity index (χ0) is 12.4. The van der Waals surface area contributed by atoms with E-state index in [-0.39, 0.29) is 0 Å². The molecular formula is C13H13Br2NS. The van der Waals surface area contributed by atoms with Crippen molar-refractivity contribution in [3.8, 4) is 0 Å². The second kappa shape index (κ2) is 5.55. The minimum Gasteiger partial charge on any atom is -0.378 e. The molecule has 1 N–H and O–H groups in total. The van der Waals surface area contributed by atoms with E-state index in [0.29, 0.717) is 0 Å². The van der Waals surface area contributed by atoms with Gasteiger partial charge in [0.2, 0.25) is 0 Å². The summed E-state index contributed by atoms with van der Waals surface area (Å²) < 4.78 is 2.19. The van der Waals surface area contributed by atoms with Crippen molar-refractivity contribution < 1.29 is 0 Å². The van der Waals surface area contributed by atoms with Gasteiger partial charge in [0, 0.05) is 20.4 Å². The fourth-order valence-corrected chi connectivity index (χ4v) is 4.16. The Morgan fingerprint density at radius 2 is 1.82 bits per heavy atom. The van der Waals surface area contributed by atoms with E-state index in [1.54, 1.807) is 11.3 Å². The third kappa shape index (κ3) is 3.12. The summed E-state index contributed by atoms with van der Waals surface area (Å²) in [6.45, 7) is 5.10. The Labute approximate surface area is 123 Å². The number of halogens is 2. The molecule has 0 aliphatic carbocycles. The third-order valence-electron chi connectivity index (χ3n) is 2.58. The Kier molecular flexibility index (Phi) is 4.28. The van der Waals surface area contributed by atoms with Crippen LogP contribution in [-0.2, 0) is 6.54 Å². The molecule has 0 saturated carbocycles. The summed E-state index contributed by atoms with van der Waals surface area (Å²) in [6, 6.07) is 6.39. The van der Waals surface area contributed by atoms with Crippen molar-refractivity contribution in [1.29, 1.82) is 0 Å². The fourth-order valence-electron chi connectivity index (χ4n) is 1.62. The zero-order valence-corrected chi connectivity index (χ0v) is 13.7. The summed E-state index contributed by atoms with van der Waals surface area (Å²) in [5.41, 5.74) is 3.70. The Morgan fingerprint density at radius 3 is 2.35 bits per heavy atom. The molecule has 1 aromatic heterocycles. The largest absolute Gasteiger partial charge is 0.378 e. The molecule has 1 nitrogen and oxygen atoms in total. The molecule has 2 aromatic rings. The van der Waals surface area contributed by atoms with Crippen molar-refractivity contribution in [2.24, 2.45) is 0 Å². The van der Waals surface area contributed by atoms with Crippen molar-refractivity contribution in [3.05, 3.63) is 48.5 Å². The predicted octanol–water partition coefficient (Wildman–Crippen LogP) is 5.50. The molecule has 0 radical (unpaired) electrons. The molecule has 0 bridgehead atoms. The second-order valence-electron chi connectivity index (χ2n) is 3.98. The topological polar surface area (TPSA) is 12.0 Å². The number of benzene rings is 1. The average Bonchev–Trinajstić information content (AvgIpc) is 2.62. The summed E-state index contributed by atoms with van der Waals surface area (Å²) >= 11 is 8.97. The van der Waals surface area contributed by atoms with E-state index >= 15 is 0 Å². The summed E-state index contributed by atoms with van der Waals surface area (Å²) in [4.78, 5) is 1.38. The Hall–Kier alpha value is -0.320. The van der Waals surface area contributed by atoms with E-state index in [2.05, 4.69) is 74.6 Å². The van der Waals surface area contributed by atoms with Crippen LogP contribution in [0.25, 0.3) is 0 Å². The van der Waals surface area contributed by atoms with Crippen LogP contribution >= 0.6 is 43.2 Å². The smallest absolute Gasteiger partial charge is 0.0632 e. The standard InChI is InChI=1S/C13H13Br2NS/c1-8-5-10(14)13(11(15)6-8)16-7-12-9(2)3-4-17-12/h3-6,16H,7H2,1-2H3. The molecule has 2 rings (SSSR count). The minimum atomic E-state index is 0.865. The number of hydrogen-bond acceptors (Lipinski definition) is 2. The van der Waals surface area contributed by atoms with Crippen molar-refractivity contribution in [2.45, 2.75) is 20.4 Å². The lowest BCUT2D eigenvalue weighted by Crippen LogP contribution is -2.00. The molecule has 0 fully saturated rings. The first-order valence-corrected chi connectivity index (χ1v) is 7.77. The van der Waals surface area contributed by atoms with Crippen molar-refractivity contribution in [3.63, 3.8) is 0 Å². The van der Waals surface area contributed by atoms with E-state index in [1.165, 1.54) is 16.0 Å². The molecule has 0 amide bonds. The maximum Gasteiger partial charge on any atom is 0.0632 e. The van der Waals surface area contributed by atoms with Gasteiger partial charge in [-0.1, -0.05) is 0 Å². The number of anilines is 1. The fraction of sp³-hybridized carbons (Fsp3) is 0.231. The number of hydrogen-bond donors (Lipinski definition) is 1. The molecule has 0 unspecified atom stereocenters. The molecule has 90 valence electrons. The molecule has 17 heavy (non-hydrogen) atoms. The highest BCUT2D eigenvalue weighted by Crippen LogP contribution is 2.33. The molecule has 4 heteroatoms. The number of aryl methyl sites for hydroxylation is 2. The van der Waals surface area contributed by atoms with Gasteiger partial charge >= 0.3 is 0 Å². The molecule has 0 saturated heterocycles. The van der Waals surface area contributed by atoms with Gasteiger partial charge in [0.25, 0.3) is 0 Å². The Morgan fingerprint density at radius 1 is 1.18 bits per heavy atom. The quantitative estimate of drug-likeness (QED) is 0.747. The van der Waals surface area contributed by atoms with E-state index in [9.17, 15) is 0 Å². The lowest BCUT2D eigenvalue weighted by atomic mass is 10.2. The highest BCUT2D eigenvalue weighted by molar-refractivity contribution is 9.11. The summed E-state index contributed by atoms with van der Waals surface area (Å²) in [7, 11) is 0. The van der Waals surface area contributed by atoms with Gasteiger partial charge in [-0.2, -0.15) is 0 Å². The van der Waals surface area contributed by atoms with Gasteiger partial charge < -0.3 is 5.32 Å². The molecule has 0 aliphatic heterocycles. The monoisotopic (exact) mass is 373 g/mol. The highest BCUT2D eigenvalue weighted by atomic mass is 79.9. The van der Waals surface area contributed by atoms with Gasteiger partial charge in [0.05, 0.1) is 5.69 Å². The van der Waals surface area contributed by atoms with Gasteiger partial charge in [-0.05, 0) is 80.4 Å². The predicted molar refractivity (Wildman–Crippen MR) is 83.0 cm³/mol. The lowest BCUT2D eigenvalue weighted by Gasteiger charge is -2.11. The average molecular weight is 375 g/mol. The second-order valence-corrected chi connectivity index (χ2v) is 6.69. The van der Waals surface area contributed by atoms with E-state index < -0.39 is 0 Å². The number of rotatable bonds is 3. The zero-order valence-electron chi connectivity index (χ0n) is 9.68. The van der Waals surface area contributed by atoms with E-state index in [0.717, 1.165) is 21.2 Å². The Balaban J connectivity index is 2.17. The van der Waals surface area contributed by atoms with Crippen molar-refractivity contribution >= 4 is 48.9 Å². The van der Waals surface area contributed by atoms with Crippen LogP contribution in [0.15, 0.2) is 32.5 Å². The van der Waals surface area contributed by atoms with Crippen LogP contribution in [0, 0.1) is 13.8 Å². The van der Waals surface area contributed by atoms with Gasteiger partial charge in [0.1, 0.15) is 0 Å². The van der Waals surface area contributed by atoms with Crippen LogP contribution in [0.3, 0.4) is 0 Å². The highest BCUT2D eigenvalue weighted by Gasteiger charge is 2.07. The number of thiophene rings is 1. The first kappa shape index (κ1) is 13.1. The van der Waals surface area contributed by atoms with Gasteiger partial charge in [-0.15, -0.1) is 11.3 Å². The third-order valence-corrected chi connectivity index (χ3v) is 4.85. The number of nitrogens with one attached hydrogen (secondary N) is 1. The maximum absolute atomic E-state index is 3.59. The summed E-state index contributed by atoms with van der Waals surface area (Å²) in [5.74, 6) is 0. The first-order chi connectivity index (χ1) is 8.08. The van der Waals surface area contributed by atoms with Crippen LogP contribution in [0.4, 0.5) is 5.69 Å². The molecule has 0 spiro atoms. The molecular weight excluding hydrogens is 362 g/mol. The Bertz CT molecular complexity index is 511. The molecule has 1 heterocycles. The van der Waals surface area contributed by atoms with Crippen molar-refractivity contribution in [2.75, 3.05) is 5.32 Å². The van der Waals surface area contributed by atoms with E-state index in [4.69, 9.17) is 0 Å². The van der Waals surface area contributed by atoms with Crippen LogP contribution in [0.1, 0.15) is 16.0 Å². The summed E-state index contributed by atoms with van der Waals surface area (Å²) in [5, 5.41) is 5.60. The van der Waals surface area contributed by atoms with Gasteiger partial charge in [-0.3, -0.25) is 0 Å².